The van der Waals surface area contributed by atoms with Crippen LogP contribution in [0.4, 0.5) is 19.0 Å². The normalized spacial score (nSPS) is 20.9. The van der Waals surface area contributed by atoms with Crippen molar-refractivity contribution in [1.82, 2.24) is 29.4 Å². The molecule has 2 aliphatic heterocycles. The molecule has 0 unspecified atom stereocenters. The summed E-state index contributed by atoms with van der Waals surface area (Å²) in [4.78, 5) is 28.2. The molecule has 6 rings (SSSR count). The molecule has 3 aromatic heterocycles. The van der Waals surface area contributed by atoms with Gasteiger partial charge >= 0.3 is 5.69 Å². The van der Waals surface area contributed by atoms with Crippen LogP contribution in [0.15, 0.2) is 53.8 Å². The second kappa shape index (κ2) is 9.05. The van der Waals surface area contributed by atoms with Crippen molar-refractivity contribution in [3.63, 3.8) is 0 Å². The van der Waals surface area contributed by atoms with E-state index in [0.717, 1.165) is 44.1 Å². The van der Waals surface area contributed by atoms with E-state index in [1.54, 1.807) is 34.0 Å². The monoisotopic (exact) mass is 495 g/mol. The van der Waals surface area contributed by atoms with Gasteiger partial charge in [-0.05, 0) is 56.3 Å². The van der Waals surface area contributed by atoms with Gasteiger partial charge in [-0.15, -0.1) is 0 Å². The van der Waals surface area contributed by atoms with Crippen LogP contribution in [0.5, 0.6) is 0 Å². The lowest BCUT2D eigenvalue weighted by molar-refractivity contribution is 0.355. The Morgan fingerprint density at radius 2 is 1.86 bits per heavy atom. The predicted molar refractivity (Wildman–Crippen MR) is 128 cm³/mol. The smallest absolute Gasteiger partial charge is 0.334 e. The molecule has 8 nitrogen and oxygen atoms in total. The molecule has 1 N–H and O–H groups in total. The van der Waals surface area contributed by atoms with Crippen LogP contribution in [0.2, 0.25) is 0 Å². The molecule has 2 aliphatic rings. The van der Waals surface area contributed by atoms with Gasteiger partial charge in [-0.25, -0.2) is 37.5 Å². The van der Waals surface area contributed by atoms with Crippen molar-refractivity contribution in [1.29, 1.82) is 0 Å². The zero-order valence-electron chi connectivity index (χ0n) is 19.3. The number of hydrogen-bond donors (Lipinski definition) is 1. The van der Waals surface area contributed by atoms with E-state index in [0.29, 0.717) is 22.7 Å². The topological polar surface area (TPSA) is 80.9 Å². The highest BCUT2D eigenvalue weighted by atomic mass is 19.1. The Morgan fingerprint density at radius 1 is 1.03 bits per heavy atom. The summed E-state index contributed by atoms with van der Waals surface area (Å²) in [6.07, 6.45) is 5.28. The summed E-state index contributed by atoms with van der Waals surface area (Å²) in [5, 5.41) is 3.30. The Hall–Kier alpha value is -3.73. The maximum absolute atomic E-state index is 14.6. The zero-order valence-corrected chi connectivity index (χ0v) is 19.3. The molecule has 11 heteroatoms. The summed E-state index contributed by atoms with van der Waals surface area (Å²) in [7, 11) is 0. The van der Waals surface area contributed by atoms with Crippen LogP contribution in [0.25, 0.3) is 16.9 Å². The van der Waals surface area contributed by atoms with Crippen LogP contribution in [0, 0.1) is 11.6 Å². The van der Waals surface area contributed by atoms with Gasteiger partial charge in [-0.1, -0.05) is 0 Å². The van der Waals surface area contributed by atoms with Crippen LogP contribution in [-0.4, -0.2) is 49.9 Å². The second-order valence-corrected chi connectivity index (χ2v) is 9.24. The van der Waals surface area contributed by atoms with Gasteiger partial charge in [0.25, 0.3) is 0 Å². The van der Waals surface area contributed by atoms with Gasteiger partial charge in [0.1, 0.15) is 35.5 Å². The van der Waals surface area contributed by atoms with Crippen LogP contribution < -0.4 is 15.9 Å². The van der Waals surface area contributed by atoms with Crippen molar-refractivity contribution in [3.8, 4) is 5.82 Å². The molecule has 2 atom stereocenters. The van der Waals surface area contributed by atoms with Gasteiger partial charge in [-0.2, -0.15) is 0 Å². The highest BCUT2D eigenvalue weighted by Gasteiger charge is 2.36. The van der Waals surface area contributed by atoms with Crippen molar-refractivity contribution < 1.29 is 13.2 Å². The first-order chi connectivity index (χ1) is 17.5. The average molecular weight is 496 g/mol. The van der Waals surface area contributed by atoms with Crippen LogP contribution in [-0.2, 0) is 0 Å². The molecule has 4 aromatic rings. The number of aromatic nitrogens is 5. The first-order valence-corrected chi connectivity index (χ1v) is 12.0. The Bertz CT molecular complexity index is 1480. The highest BCUT2D eigenvalue weighted by molar-refractivity contribution is 5.82. The lowest BCUT2D eigenvalue weighted by atomic mass is 10.0. The highest BCUT2D eigenvalue weighted by Crippen LogP contribution is 2.38. The first kappa shape index (κ1) is 22.7. The minimum atomic E-state index is -1.23. The van der Waals surface area contributed by atoms with Crippen molar-refractivity contribution >= 4 is 16.9 Å². The van der Waals surface area contributed by atoms with Gasteiger partial charge in [-0.3, -0.25) is 4.57 Å². The zero-order chi connectivity index (χ0) is 24.8. The standard InChI is InChI=1S/C25H24F3N7O/c26-15-1-2-19(28)18(11-15)21-12-16(27)13-35(21)22-4-3-20-23(32-22)24(31-14-30-20)34-10-9-33(25(34)36)17-5-7-29-8-6-17/h1-4,9-11,14,16-17,21,29H,5-8,12-13H2/t16-,21+/m0/s1. The average Bonchev–Trinajstić information content (AvgIpc) is 3.47. The largest absolute Gasteiger partial charge is 0.346 e. The number of nitrogens with one attached hydrogen (secondary N) is 1. The second-order valence-electron chi connectivity index (χ2n) is 9.24. The SMILES string of the molecule is O=c1n(-c2ncnc3ccc(N4C[C@@H](F)C[C@@H]4c4cc(F)ccc4F)nc23)ccn1C1CCNCC1. The van der Waals surface area contributed by atoms with Gasteiger partial charge in [0.15, 0.2) is 5.82 Å². The summed E-state index contributed by atoms with van der Waals surface area (Å²) >= 11 is 0. The summed E-state index contributed by atoms with van der Waals surface area (Å²) in [6, 6.07) is 5.95. The van der Waals surface area contributed by atoms with Crippen LogP contribution in [0.3, 0.4) is 0 Å². The molecule has 5 heterocycles. The van der Waals surface area contributed by atoms with Gasteiger partial charge in [0, 0.05) is 30.4 Å². The van der Waals surface area contributed by atoms with E-state index in [-0.39, 0.29) is 30.3 Å². The molecular weight excluding hydrogens is 471 g/mol. The molecule has 0 radical (unpaired) electrons. The predicted octanol–water partition coefficient (Wildman–Crippen LogP) is 3.47. The number of pyridine rings is 1. The minimum absolute atomic E-state index is 0.0107. The fourth-order valence-electron chi connectivity index (χ4n) is 5.27. The van der Waals surface area contributed by atoms with Crippen LogP contribution in [0.1, 0.15) is 36.9 Å². The number of halogens is 3. The fraction of sp³-hybridized carbons (Fsp3) is 0.360. The van der Waals surface area contributed by atoms with E-state index in [9.17, 15) is 18.0 Å². The molecule has 0 saturated carbocycles. The quantitative estimate of drug-likeness (QED) is 0.467. The van der Waals surface area contributed by atoms with E-state index in [4.69, 9.17) is 4.98 Å². The van der Waals surface area contributed by atoms with Crippen molar-refractivity contribution in [2.45, 2.75) is 37.5 Å². The number of nitrogens with zero attached hydrogens (tertiary/aromatic N) is 6. The van der Waals surface area contributed by atoms with Crippen molar-refractivity contribution in [2.24, 2.45) is 0 Å². The van der Waals surface area contributed by atoms with E-state index >= 15 is 0 Å². The lowest BCUT2D eigenvalue weighted by Crippen LogP contribution is -2.34. The molecule has 2 fully saturated rings. The molecular formula is C25H24F3N7O. The number of benzene rings is 1. The molecule has 0 bridgehead atoms. The third-order valence-corrected chi connectivity index (χ3v) is 7.04. The van der Waals surface area contributed by atoms with Gasteiger partial charge in [0.2, 0.25) is 0 Å². The molecule has 2 saturated heterocycles. The third-order valence-electron chi connectivity index (χ3n) is 7.04. The summed E-state index contributed by atoms with van der Waals surface area (Å²) < 4.78 is 46.2. The number of rotatable bonds is 4. The van der Waals surface area contributed by atoms with Crippen LogP contribution >= 0.6 is 0 Å². The minimum Gasteiger partial charge on any atom is -0.346 e. The van der Waals surface area contributed by atoms with Gasteiger partial charge in [0.05, 0.1) is 18.1 Å². The Kier molecular flexibility index (Phi) is 5.71. The Morgan fingerprint density at radius 3 is 2.69 bits per heavy atom. The molecule has 36 heavy (non-hydrogen) atoms. The van der Waals surface area contributed by atoms with Crippen molar-refractivity contribution in [2.75, 3.05) is 24.5 Å². The number of alkyl halides is 1. The molecule has 0 amide bonds. The summed E-state index contributed by atoms with van der Waals surface area (Å²) in [5.74, 6) is -0.508. The molecule has 1 aromatic carbocycles. The van der Waals surface area contributed by atoms with E-state index < -0.39 is 23.8 Å². The number of piperidine rings is 1. The number of imidazole rings is 1. The molecule has 186 valence electrons. The van der Waals surface area contributed by atoms with Gasteiger partial charge < -0.3 is 10.2 Å². The first-order valence-electron chi connectivity index (χ1n) is 12.0. The third kappa shape index (κ3) is 3.93. The van der Waals surface area contributed by atoms with E-state index in [2.05, 4.69) is 15.3 Å². The number of hydrogen-bond acceptors (Lipinski definition) is 6. The molecule has 0 spiro atoms. The maximum Gasteiger partial charge on any atom is 0.334 e. The van der Waals surface area contributed by atoms with Crippen molar-refractivity contribution in [3.05, 3.63) is 76.7 Å². The maximum atomic E-state index is 14.6. The van der Waals surface area contributed by atoms with E-state index in [1.807, 2.05) is 0 Å². The fourth-order valence-corrected chi connectivity index (χ4v) is 5.27. The molecule has 0 aliphatic carbocycles. The number of anilines is 1. The number of fused-ring (bicyclic) bond motifs is 1. The summed E-state index contributed by atoms with van der Waals surface area (Å²) in [5.41, 5.74) is 0.728. The Balaban J connectivity index is 1.42. The Labute approximate surface area is 204 Å². The lowest BCUT2D eigenvalue weighted by Gasteiger charge is -2.26. The van der Waals surface area contributed by atoms with E-state index in [1.165, 1.54) is 10.9 Å². The summed E-state index contributed by atoms with van der Waals surface area (Å²) in [6.45, 7) is 1.68.